The number of anilines is 1. The molecule has 0 saturated heterocycles. The van der Waals surface area contributed by atoms with Crippen LogP contribution in [0.2, 0.25) is 0 Å². The van der Waals surface area contributed by atoms with Crippen LogP contribution in [0.25, 0.3) is 21.1 Å². The molecule has 2 N–H and O–H groups in total. The van der Waals surface area contributed by atoms with Gasteiger partial charge in [-0.05, 0) is 62.7 Å². The topological polar surface area (TPSA) is 79.9 Å². The van der Waals surface area contributed by atoms with Crippen molar-refractivity contribution < 1.29 is 4.74 Å². The van der Waals surface area contributed by atoms with Crippen molar-refractivity contribution in [3.8, 4) is 11.5 Å². The smallest absolute Gasteiger partial charge is 0.259 e. The van der Waals surface area contributed by atoms with Gasteiger partial charge in [-0.25, -0.2) is 4.98 Å². The molecule has 0 aliphatic rings. The summed E-state index contributed by atoms with van der Waals surface area (Å²) in [4.78, 5) is 26.5. The molecule has 3 aromatic heterocycles. The molecule has 1 unspecified atom stereocenters. The SMILES string of the molecule is Cc1sc2nc(C(C)Nc3ccc(Oc4cccc5cccnc45)cc3)[nH]c(=O)c2c1C. The predicted octanol–water partition coefficient (Wildman–Crippen LogP) is 6.12. The van der Waals surface area contributed by atoms with E-state index in [1.165, 1.54) is 0 Å². The van der Waals surface area contributed by atoms with Gasteiger partial charge in [0.2, 0.25) is 0 Å². The van der Waals surface area contributed by atoms with Crippen LogP contribution in [0.1, 0.15) is 29.2 Å². The highest BCUT2D eigenvalue weighted by Gasteiger charge is 2.15. The third-order valence-electron chi connectivity index (χ3n) is 5.53. The molecule has 0 radical (unpaired) electrons. The third-order valence-corrected chi connectivity index (χ3v) is 6.63. The molecule has 5 aromatic rings. The van der Waals surface area contributed by atoms with Crippen molar-refractivity contribution in [2.24, 2.45) is 0 Å². The van der Waals surface area contributed by atoms with Crippen molar-refractivity contribution in [2.75, 3.05) is 5.32 Å². The second kappa shape index (κ2) is 8.09. The number of H-pyrrole nitrogens is 1. The molecule has 0 aliphatic heterocycles. The molecule has 0 spiro atoms. The van der Waals surface area contributed by atoms with Crippen LogP contribution >= 0.6 is 11.3 Å². The first-order chi connectivity index (χ1) is 15.5. The largest absolute Gasteiger partial charge is 0.455 e. The number of pyridine rings is 1. The first-order valence-corrected chi connectivity index (χ1v) is 11.2. The van der Waals surface area contributed by atoms with Crippen molar-refractivity contribution in [1.29, 1.82) is 0 Å². The van der Waals surface area contributed by atoms with Gasteiger partial charge in [0, 0.05) is 22.1 Å². The normalized spacial score (nSPS) is 12.2. The number of para-hydroxylation sites is 1. The van der Waals surface area contributed by atoms with Crippen LogP contribution in [0.3, 0.4) is 0 Å². The molecule has 6 nitrogen and oxygen atoms in total. The zero-order valence-corrected chi connectivity index (χ0v) is 18.8. The maximum atomic E-state index is 12.6. The molecule has 0 fully saturated rings. The third kappa shape index (κ3) is 3.71. The summed E-state index contributed by atoms with van der Waals surface area (Å²) in [6, 6.07) is 17.3. The van der Waals surface area contributed by atoms with E-state index in [2.05, 4.69) is 20.3 Å². The zero-order valence-electron chi connectivity index (χ0n) is 18.0. The van der Waals surface area contributed by atoms with E-state index in [1.807, 2.05) is 75.4 Å². The minimum Gasteiger partial charge on any atom is -0.455 e. The number of rotatable bonds is 5. The van der Waals surface area contributed by atoms with E-state index in [0.29, 0.717) is 17.0 Å². The van der Waals surface area contributed by atoms with Gasteiger partial charge in [-0.3, -0.25) is 9.78 Å². The second-order valence-electron chi connectivity index (χ2n) is 7.74. The monoisotopic (exact) mass is 442 g/mol. The van der Waals surface area contributed by atoms with Gasteiger partial charge >= 0.3 is 0 Å². The van der Waals surface area contributed by atoms with E-state index < -0.39 is 0 Å². The quantitative estimate of drug-likeness (QED) is 0.343. The second-order valence-corrected chi connectivity index (χ2v) is 8.94. The lowest BCUT2D eigenvalue weighted by Crippen LogP contribution is -2.17. The van der Waals surface area contributed by atoms with Crippen LogP contribution in [0, 0.1) is 13.8 Å². The number of nitrogens with zero attached hydrogens (tertiary/aromatic N) is 2. The maximum Gasteiger partial charge on any atom is 0.259 e. The Balaban J connectivity index is 1.34. The summed E-state index contributed by atoms with van der Waals surface area (Å²) in [5.41, 5.74) is 2.65. The molecule has 160 valence electrons. The molecule has 5 rings (SSSR count). The lowest BCUT2D eigenvalue weighted by molar-refractivity contribution is 0.487. The van der Waals surface area contributed by atoms with E-state index in [-0.39, 0.29) is 11.6 Å². The van der Waals surface area contributed by atoms with Gasteiger partial charge in [0.05, 0.1) is 11.4 Å². The number of benzene rings is 2. The van der Waals surface area contributed by atoms with Crippen LogP contribution in [-0.2, 0) is 0 Å². The zero-order chi connectivity index (χ0) is 22.2. The Bertz CT molecular complexity index is 1480. The number of fused-ring (bicyclic) bond motifs is 2. The number of thiophene rings is 1. The highest BCUT2D eigenvalue weighted by molar-refractivity contribution is 7.18. The molecule has 0 saturated carbocycles. The summed E-state index contributed by atoms with van der Waals surface area (Å²) >= 11 is 1.55. The summed E-state index contributed by atoms with van der Waals surface area (Å²) < 4.78 is 6.06. The van der Waals surface area contributed by atoms with E-state index >= 15 is 0 Å². The van der Waals surface area contributed by atoms with Gasteiger partial charge in [-0.15, -0.1) is 11.3 Å². The summed E-state index contributed by atoms with van der Waals surface area (Å²) in [5.74, 6) is 2.05. The Labute approximate surface area is 188 Å². The van der Waals surface area contributed by atoms with Gasteiger partial charge in [-0.2, -0.15) is 0 Å². The van der Waals surface area contributed by atoms with Crippen LogP contribution in [0.15, 0.2) is 65.6 Å². The van der Waals surface area contributed by atoms with Gasteiger partial charge in [0.25, 0.3) is 5.56 Å². The number of aromatic nitrogens is 3. The Morgan fingerprint density at radius 1 is 1.06 bits per heavy atom. The lowest BCUT2D eigenvalue weighted by atomic mass is 10.2. The highest BCUT2D eigenvalue weighted by Crippen LogP contribution is 2.30. The average molecular weight is 443 g/mol. The van der Waals surface area contributed by atoms with Gasteiger partial charge in [-0.1, -0.05) is 18.2 Å². The average Bonchev–Trinajstić information content (AvgIpc) is 3.09. The van der Waals surface area contributed by atoms with Crippen molar-refractivity contribution >= 4 is 38.1 Å². The minimum absolute atomic E-state index is 0.0899. The molecule has 0 bridgehead atoms. The summed E-state index contributed by atoms with van der Waals surface area (Å²) in [6.45, 7) is 5.95. The van der Waals surface area contributed by atoms with Crippen LogP contribution in [-0.4, -0.2) is 15.0 Å². The fraction of sp³-hybridized carbons (Fsp3) is 0.160. The Morgan fingerprint density at radius 2 is 1.84 bits per heavy atom. The standard InChI is InChI=1S/C25H22N4O2S/c1-14-16(3)32-25-21(14)24(30)28-23(29-25)15(2)27-18-9-11-19(12-10-18)31-20-8-4-6-17-7-5-13-26-22(17)20/h4-13,15,27H,1-3H3,(H,28,29,30). The van der Waals surface area contributed by atoms with Crippen molar-refractivity contribution in [2.45, 2.75) is 26.8 Å². The van der Waals surface area contributed by atoms with Gasteiger partial charge in [0.1, 0.15) is 21.9 Å². The molecule has 2 aromatic carbocycles. The van der Waals surface area contributed by atoms with Crippen molar-refractivity contribution in [3.63, 3.8) is 0 Å². The van der Waals surface area contributed by atoms with Crippen LogP contribution in [0.5, 0.6) is 11.5 Å². The number of hydrogen-bond acceptors (Lipinski definition) is 6. The van der Waals surface area contributed by atoms with E-state index in [1.54, 1.807) is 17.5 Å². The molecule has 0 aliphatic carbocycles. The number of nitrogens with one attached hydrogen (secondary N) is 2. The number of aromatic amines is 1. The minimum atomic E-state index is -0.163. The van der Waals surface area contributed by atoms with E-state index in [9.17, 15) is 4.79 Å². The number of ether oxygens (including phenoxy) is 1. The Kier molecular flexibility index (Phi) is 5.11. The fourth-order valence-electron chi connectivity index (χ4n) is 3.70. The number of aryl methyl sites for hydroxylation is 2. The van der Waals surface area contributed by atoms with Crippen molar-refractivity contribution in [1.82, 2.24) is 15.0 Å². The Morgan fingerprint density at radius 3 is 2.66 bits per heavy atom. The molecular formula is C25H22N4O2S. The van der Waals surface area contributed by atoms with Gasteiger partial charge < -0.3 is 15.0 Å². The molecule has 7 heteroatoms. The molecule has 1 atom stereocenters. The van der Waals surface area contributed by atoms with E-state index in [0.717, 1.165) is 37.6 Å². The lowest BCUT2D eigenvalue weighted by Gasteiger charge is -2.15. The molecular weight excluding hydrogens is 420 g/mol. The summed E-state index contributed by atoms with van der Waals surface area (Å²) in [7, 11) is 0. The molecule has 0 amide bonds. The van der Waals surface area contributed by atoms with E-state index in [4.69, 9.17) is 4.74 Å². The summed E-state index contributed by atoms with van der Waals surface area (Å²) in [5, 5.41) is 5.12. The van der Waals surface area contributed by atoms with Crippen molar-refractivity contribution in [3.05, 3.63) is 87.4 Å². The predicted molar refractivity (Wildman–Crippen MR) is 130 cm³/mol. The highest BCUT2D eigenvalue weighted by atomic mass is 32.1. The first-order valence-electron chi connectivity index (χ1n) is 10.4. The molecule has 3 heterocycles. The fourth-order valence-corrected chi connectivity index (χ4v) is 4.74. The molecule has 32 heavy (non-hydrogen) atoms. The van der Waals surface area contributed by atoms with Crippen LogP contribution < -0.4 is 15.6 Å². The Hall–Kier alpha value is -3.71. The number of hydrogen-bond donors (Lipinski definition) is 2. The summed E-state index contributed by atoms with van der Waals surface area (Å²) in [6.07, 6.45) is 1.76. The first kappa shape index (κ1) is 20.2. The van der Waals surface area contributed by atoms with Crippen LogP contribution in [0.4, 0.5) is 5.69 Å². The maximum absolute atomic E-state index is 12.6. The van der Waals surface area contributed by atoms with Gasteiger partial charge in [0.15, 0.2) is 5.75 Å².